The van der Waals surface area contributed by atoms with Gasteiger partial charge in [0.25, 0.3) is 0 Å². The van der Waals surface area contributed by atoms with E-state index >= 15 is 0 Å². The predicted octanol–water partition coefficient (Wildman–Crippen LogP) is 6.54. The zero-order valence-corrected chi connectivity index (χ0v) is 34.6. The summed E-state index contributed by atoms with van der Waals surface area (Å²) in [5, 5.41) is 29.4. The molecule has 6 rings (SSSR count). The minimum Gasteiger partial charge on any atom is -0.0622 e. The summed E-state index contributed by atoms with van der Waals surface area (Å²) in [4.78, 5) is 0. The number of nitrogens with one attached hydrogen (secondary N) is 1. The molecule has 1 heterocycles. The maximum Gasteiger partial charge on any atom is -0.0134 e. The van der Waals surface area contributed by atoms with Crippen LogP contribution in [-0.4, -0.2) is 10.2 Å². The molecule has 6 aromatic rings. The molecule has 1 aromatic heterocycles. The third-order valence-electron chi connectivity index (χ3n) is 6.91. The normalized spacial score (nSPS) is 9.71. The van der Waals surface area contributed by atoms with Gasteiger partial charge in [0, 0.05) is 31.1 Å². The van der Waals surface area contributed by atoms with Gasteiger partial charge in [-0.3, -0.25) is 5.10 Å². The molecule has 0 saturated heterocycles. The Hall–Kier alpha value is -3.65. The van der Waals surface area contributed by atoms with Crippen molar-refractivity contribution in [3.63, 3.8) is 0 Å². The molecule has 0 amide bonds. The van der Waals surface area contributed by atoms with Crippen molar-refractivity contribution in [1.82, 2.24) is 10.2 Å². The monoisotopic (exact) mass is 838 g/mol. The minimum absolute atomic E-state index is 0. The molecule has 264 valence electrons. The molecule has 0 fully saturated rings. The van der Waals surface area contributed by atoms with Crippen molar-refractivity contribution in [1.29, 1.82) is 10.5 Å². The summed E-state index contributed by atoms with van der Waals surface area (Å²) in [5.41, 5.74) is 2.43. The molecule has 0 spiro atoms. The van der Waals surface area contributed by atoms with Crippen LogP contribution in [0.25, 0.3) is 0 Å². The number of H-pyrrole nitrogens is 1. The fraction of sp³-hybridized carbons (Fsp3) is 0.167. The summed E-state index contributed by atoms with van der Waals surface area (Å²) < 4.78 is 0. The molecule has 0 aliphatic carbocycles. The van der Waals surface area contributed by atoms with Gasteiger partial charge in [-0.1, -0.05) is 172 Å². The van der Waals surface area contributed by atoms with Gasteiger partial charge in [-0.25, -0.2) is 0 Å². The Morgan fingerprint density at radius 1 is 0.588 bits per heavy atom. The Labute approximate surface area is 328 Å². The number of rotatable bonds is 7. The summed E-state index contributed by atoms with van der Waals surface area (Å²) >= 11 is 1.82. The van der Waals surface area contributed by atoms with Crippen LogP contribution in [0.3, 0.4) is 0 Å². The number of aromatic amines is 1. The number of nitriles is 2. The van der Waals surface area contributed by atoms with Crippen LogP contribution in [0, 0.1) is 22.7 Å². The van der Waals surface area contributed by atoms with Gasteiger partial charge in [0.05, 0.1) is 17.8 Å². The van der Waals surface area contributed by atoms with Crippen LogP contribution in [0.2, 0.25) is 0 Å². The van der Waals surface area contributed by atoms with E-state index in [4.69, 9.17) is 10.5 Å². The number of benzene rings is 5. The van der Waals surface area contributed by atoms with Crippen LogP contribution in [0.5, 0.6) is 0 Å². The van der Waals surface area contributed by atoms with Crippen molar-refractivity contribution in [3.05, 3.63) is 169 Å². The second kappa shape index (κ2) is 26.2. The van der Waals surface area contributed by atoms with Gasteiger partial charge >= 0.3 is 27.0 Å². The molecule has 9 heteroatoms. The molecule has 0 aliphatic rings. The zero-order valence-electron chi connectivity index (χ0n) is 29.6. The van der Waals surface area contributed by atoms with Crippen LogP contribution >= 0.6 is 25.5 Å². The number of hydrogen-bond acceptors (Lipinski definition) is 3. The van der Waals surface area contributed by atoms with E-state index in [0.29, 0.717) is 0 Å². The smallest absolute Gasteiger partial charge is 0.0134 e. The maximum atomic E-state index is 7.32. The zero-order chi connectivity index (χ0) is 36.6. The van der Waals surface area contributed by atoms with Crippen LogP contribution in [0.15, 0.2) is 158 Å². The SMILES string of the molecule is CC#N.CC#N.CC(C)(C)c1cc(CP(c2ccccc2)c2ccccc2)[nH]n1.[Cl-].[Cl][Ru+].c1ccc(P(c2ccccc2)c2ccccc2)cc1. The Morgan fingerprint density at radius 3 is 1.12 bits per heavy atom. The van der Waals surface area contributed by atoms with Gasteiger partial charge in [-0.2, -0.15) is 15.6 Å². The molecule has 1 N–H and O–H groups in total. The molecule has 0 unspecified atom stereocenters. The van der Waals surface area contributed by atoms with E-state index < -0.39 is 15.8 Å². The Kier molecular flexibility index (Phi) is 23.3. The van der Waals surface area contributed by atoms with Crippen molar-refractivity contribution in [3.8, 4) is 12.1 Å². The largest absolute Gasteiger partial charge is 0.0622 e. The van der Waals surface area contributed by atoms with Crippen molar-refractivity contribution in [2.75, 3.05) is 0 Å². The van der Waals surface area contributed by atoms with Gasteiger partial charge in [0.1, 0.15) is 0 Å². The second-order valence-electron chi connectivity index (χ2n) is 11.6. The van der Waals surface area contributed by atoms with Gasteiger partial charge in [-0.15, -0.1) is 0 Å². The first-order valence-electron chi connectivity index (χ1n) is 15.9. The van der Waals surface area contributed by atoms with Crippen molar-refractivity contribution in [2.45, 2.75) is 46.2 Å². The first-order valence-corrected chi connectivity index (χ1v) is 21.1. The molecule has 0 atom stereocenters. The molecule has 5 aromatic carbocycles. The summed E-state index contributed by atoms with van der Waals surface area (Å²) in [6.07, 6.45) is 0.992. The molecular weight excluding hydrogens is 794 g/mol. The first kappa shape index (κ1) is 45.4. The number of nitrogens with zero attached hydrogens (tertiary/aromatic N) is 3. The first-order chi connectivity index (χ1) is 24.3. The summed E-state index contributed by atoms with van der Waals surface area (Å²) in [5.74, 6) is 0. The maximum absolute atomic E-state index is 7.32. The standard InChI is InChI=1S/C20H23N2P.C18H15P.2C2H3N.2ClH.Ru/c1-20(2,3)19-14-16(21-22-19)15-23(17-10-6-4-7-11-17)18-12-8-5-9-13-18;1-4-10-16(11-5-1)19(17-12-6-2-7-13-17)18-14-8-3-9-15-18;2*1-2-3;;;/h4-14H,15H2,1-3H3,(H,21,22);1-15H;2*1H3;2*1H;/q;;;;;;+2/p-2. The Bertz CT molecular complexity index is 1680. The summed E-state index contributed by atoms with van der Waals surface area (Å²) in [6.45, 7) is 9.46. The molecule has 51 heavy (non-hydrogen) atoms. The van der Waals surface area contributed by atoms with Crippen molar-refractivity contribution in [2.24, 2.45) is 0 Å². The van der Waals surface area contributed by atoms with Crippen molar-refractivity contribution >= 4 is 52.1 Å². The topological polar surface area (TPSA) is 76.3 Å². The minimum atomic E-state index is -0.446. The van der Waals surface area contributed by atoms with Crippen LogP contribution in [-0.2, 0) is 28.9 Å². The van der Waals surface area contributed by atoms with E-state index in [1.54, 1.807) is 12.1 Å². The quantitative estimate of drug-likeness (QED) is 0.147. The third-order valence-corrected chi connectivity index (χ3v) is 11.9. The molecule has 4 nitrogen and oxygen atoms in total. The molecule has 0 radical (unpaired) electrons. The van der Waals surface area contributed by atoms with Gasteiger partial charge < -0.3 is 12.4 Å². The van der Waals surface area contributed by atoms with Crippen molar-refractivity contribution < 1.29 is 29.7 Å². The molecule has 0 bridgehead atoms. The Morgan fingerprint density at radius 2 is 0.863 bits per heavy atom. The predicted molar refractivity (Wildman–Crippen MR) is 214 cm³/mol. The van der Waals surface area contributed by atoms with E-state index in [2.05, 4.69) is 198 Å². The molecule has 0 aliphatic heterocycles. The Balaban J connectivity index is 0.000000421. The summed E-state index contributed by atoms with van der Waals surface area (Å²) in [6, 6.07) is 59.7. The summed E-state index contributed by atoms with van der Waals surface area (Å²) in [7, 11) is 3.70. The number of aromatic nitrogens is 2. The average Bonchev–Trinajstić information content (AvgIpc) is 3.65. The van der Waals surface area contributed by atoms with Crippen LogP contribution in [0.1, 0.15) is 46.0 Å². The molecular formula is C42H44Cl2N4P2Ru. The average molecular weight is 839 g/mol. The van der Waals surface area contributed by atoms with Gasteiger partial charge in [0.15, 0.2) is 0 Å². The van der Waals surface area contributed by atoms with Gasteiger partial charge in [-0.05, 0) is 48.4 Å². The van der Waals surface area contributed by atoms with E-state index in [-0.39, 0.29) is 17.8 Å². The van der Waals surface area contributed by atoms with Crippen LogP contribution in [0.4, 0.5) is 0 Å². The fourth-order valence-electron chi connectivity index (χ4n) is 4.72. The van der Waals surface area contributed by atoms with E-state index in [1.165, 1.54) is 46.1 Å². The number of hydrogen-bond donors (Lipinski definition) is 1. The van der Waals surface area contributed by atoms with E-state index in [9.17, 15) is 0 Å². The van der Waals surface area contributed by atoms with Crippen LogP contribution < -0.4 is 38.9 Å². The second-order valence-corrected chi connectivity index (χ2v) is 16.0. The fourth-order valence-corrected chi connectivity index (χ4v) is 9.26. The van der Waals surface area contributed by atoms with E-state index in [1.807, 2.05) is 17.3 Å². The third kappa shape index (κ3) is 16.1. The van der Waals surface area contributed by atoms with E-state index in [0.717, 1.165) is 11.9 Å². The number of halogens is 2. The molecule has 0 saturated carbocycles. The van der Waals surface area contributed by atoms with Gasteiger partial charge in [0.2, 0.25) is 0 Å².